The van der Waals surface area contributed by atoms with E-state index in [9.17, 15) is 8.78 Å². The zero-order valence-electron chi connectivity index (χ0n) is 15.2. The van der Waals surface area contributed by atoms with Crippen molar-refractivity contribution in [3.63, 3.8) is 0 Å². The number of para-hydroxylation sites is 1. The van der Waals surface area contributed by atoms with Crippen LogP contribution in [-0.4, -0.2) is 29.2 Å². The number of benzene rings is 2. The second-order valence-corrected chi connectivity index (χ2v) is 6.57. The van der Waals surface area contributed by atoms with Crippen LogP contribution in [0.3, 0.4) is 0 Å². The summed E-state index contributed by atoms with van der Waals surface area (Å²) in [5.74, 6) is -0.703. The summed E-state index contributed by atoms with van der Waals surface area (Å²) in [7, 11) is 0. The molecule has 28 heavy (non-hydrogen) atoms. The number of hydrogen-bond donors (Lipinski definition) is 2. The SMILES string of the molecule is Fc1cccc(F)c1Nc1cc(-c2ccccc2)nc(NCC2CCCO2)n1. The Balaban J connectivity index is 1.65. The Labute approximate surface area is 161 Å². The topological polar surface area (TPSA) is 59.1 Å². The molecule has 4 rings (SSSR count). The molecule has 2 aromatic carbocycles. The van der Waals surface area contributed by atoms with Crippen molar-refractivity contribution >= 4 is 17.5 Å². The predicted molar refractivity (Wildman–Crippen MR) is 105 cm³/mol. The van der Waals surface area contributed by atoms with Gasteiger partial charge in [0, 0.05) is 24.8 Å². The first kappa shape index (κ1) is 18.3. The van der Waals surface area contributed by atoms with E-state index in [1.807, 2.05) is 30.3 Å². The molecule has 1 atom stereocenters. The lowest BCUT2D eigenvalue weighted by Gasteiger charge is -2.14. The normalized spacial score (nSPS) is 16.1. The number of ether oxygens (including phenoxy) is 1. The smallest absolute Gasteiger partial charge is 0.225 e. The molecule has 0 aliphatic carbocycles. The van der Waals surface area contributed by atoms with E-state index in [0.717, 1.165) is 25.0 Å². The van der Waals surface area contributed by atoms with Crippen molar-refractivity contribution in [1.82, 2.24) is 9.97 Å². The van der Waals surface area contributed by atoms with Gasteiger partial charge in [-0.1, -0.05) is 36.4 Å². The van der Waals surface area contributed by atoms with Crippen LogP contribution in [0.25, 0.3) is 11.3 Å². The summed E-state index contributed by atoms with van der Waals surface area (Å²) in [6.07, 6.45) is 2.14. The van der Waals surface area contributed by atoms with Gasteiger partial charge >= 0.3 is 0 Å². The molecule has 1 aliphatic heterocycles. The van der Waals surface area contributed by atoms with Gasteiger partial charge in [0.2, 0.25) is 5.95 Å². The Morgan fingerprint density at radius 2 is 1.79 bits per heavy atom. The van der Waals surface area contributed by atoms with Crippen LogP contribution in [0.5, 0.6) is 0 Å². The molecule has 5 nitrogen and oxygen atoms in total. The molecule has 0 amide bonds. The second kappa shape index (κ2) is 8.31. The number of aromatic nitrogens is 2. The molecule has 7 heteroatoms. The summed E-state index contributed by atoms with van der Waals surface area (Å²) in [6.45, 7) is 1.34. The summed E-state index contributed by atoms with van der Waals surface area (Å²) in [4.78, 5) is 8.92. The highest BCUT2D eigenvalue weighted by Gasteiger charge is 2.17. The van der Waals surface area contributed by atoms with Crippen molar-refractivity contribution in [3.05, 3.63) is 66.2 Å². The van der Waals surface area contributed by atoms with Gasteiger partial charge in [0.25, 0.3) is 0 Å². The Morgan fingerprint density at radius 1 is 1.00 bits per heavy atom. The molecule has 1 saturated heterocycles. The van der Waals surface area contributed by atoms with Crippen molar-refractivity contribution < 1.29 is 13.5 Å². The van der Waals surface area contributed by atoms with E-state index in [2.05, 4.69) is 20.6 Å². The van der Waals surface area contributed by atoms with E-state index in [-0.39, 0.29) is 11.8 Å². The number of hydrogen-bond acceptors (Lipinski definition) is 5. The van der Waals surface area contributed by atoms with E-state index < -0.39 is 11.6 Å². The first-order valence-electron chi connectivity index (χ1n) is 9.20. The molecule has 0 saturated carbocycles. The van der Waals surface area contributed by atoms with Gasteiger partial charge in [0.15, 0.2) is 0 Å². The summed E-state index contributed by atoms with van der Waals surface area (Å²) >= 11 is 0. The molecule has 144 valence electrons. The molecule has 0 spiro atoms. The van der Waals surface area contributed by atoms with Crippen LogP contribution in [0, 0.1) is 11.6 Å². The van der Waals surface area contributed by atoms with Crippen molar-refractivity contribution in [1.29, 1.82) is 0 Å². The maximum Gasteiger partial charge on any atom is 0.225 e. The molecule has 1 aliphatic rings. The minimum Gasteiger partial charge on any atom is -0.376 e. The minimum absolute atomic E-state index is 0.115. The number of nitrogens with one attached hydrogen (secondary N) is 2. The second-order valence-electron chi connectivity index (χ2n) is 6.57. The average molecular weight is 382 g/mol. The third-order valence-electron chi connectivity index (χ3n) is 4.52. The molecular weight excluding hydrogens is 362 g/mol. The minimum atomic E-state index is -0.686. The Kier molecular flexibility index (Phi) is 5.43. The molecule has 2 heterocycles. The molecular formula is C21H20F2N4O. The maximum absolute atomic E-state index is 14.0. The average Bonchev–Trinajstić information content (AvgIpc) is 3.24. The molecule has 1 aromatic heterocycles. The molecule has 1 unspecified atom stereocenters. The molecule has 2 N–H and O–H groups in total. The van der Waals surface area contributed by atoms with Gasteiger partial charge in [0.1, 0.15) is 23.1 Å². The van der Waals surface area contributed by atoms with Gasteiger partial charge < -0.3 is 15.4 Å². The Morgan fingerprint density at radius 3 is 2.50 bits per heavy atom. The zero-order valence-corrected chi connectivity index (χ0v) is 15.2. The zero-order chi connectivity index (χ0) is 19.3. The van der Waals surface area contributed by atoms with Crippen LogP contribution < -0.4 is 10.6 Å². The van der Waals surface area contributed by atoms with Gasteiger partial charge in [-0.25, -0.2) is 13.8 Å². The van der Waals surface area contributed by atoms with Crippen molar-refractivity contribution in [3.8, 4) is 11.3 Å². The highest BCUT2D eigenvalue weighted by molar-refractivity contribution is 5.67. The lowest BCUT2D eigenvalue weighted by molar-refractivity contribution is 0.120. The van der Waals surface area contributed by atoms with Gasteiger partial charge in [-0.15, -0.1) is 0 Å². The highest BCUT2D eigenvalue weighted by atomic mass is 19.1. The van der Waals surface area contributed by atoms with Crippen LogP contribution in [-0.2, 0) is 4.74 Å². The maximum atomic E-state index is 14.0. The van der Waals surface area contributed by atoms with E-state index in [1.54, 1.807) is 6.07 Å². The van der Waals surface area contributed by atoms with Crippen molar-refractivity contribution in [2.75, 3.05) is 23.8 Å². The predicted octanol–water partition coefficient (Wildman–Crippen LogP) is 4.76. The lowest BCUT2D eigenvalue weighted by atomic mass is 10.1. The summed E-state index contributed by atoms with van der Waals surface area (Å²) < 4.78 is 33.7. The molecule has 3 aromatic rings. The Bertz CT molecular complexity index is 926. The van der Waals surface area contributed by atoms with Gasteiger partial charge in [-0.2, -0.15) is 4.98 Å². The Hall–Kier alpha value is -3.06. The highest BCUT2D eigenvalue weighted by Crippen LogP contribution is 2.26. The molecule has 1 fully saturated rings. The van der Waals surface area contributed by atoms with E-state index in [0.29, 0.717) is 24.0 Å². The fourth-order valence-electron chi connectivity index (χ4n) is 3.10. The monoisotopic (exact) mass is 382 g/mol. The number of anilines is 3. The van der Waals surface area contributed by atoms with Gasteiger partial charge in [0.05, 0.1) is 11.8 Å². The van der Waals surface area contributed by atoms with Crippen molar-refractivity contribution in [2.24, 2.45) is 0 Å². The van der Waals surface area contributed by atoms with E-state index >= 15 is 0 Å². The molecule has 0 radical (unpaired) electrons. The molecule has 0 bridgehead atoms. The van der Waals surface area contributed by atoms with Crippen LogP contribution in [0.4, 0.5) is 26.2 Å². The first-order valence-corrected chi connectivity index (χ1v) is 9.20. The first-order chi connectivity index (χ1) is 13.7. The van der Waals surface area contributed by atoms with Gasteiger partial charge in [-0.3, -0.25) is 0 Å². The number of halogens is 2. The fourth-order valence-corrected chi connectivity index (χ4v) is 3.10. The lowest BCUT2D eigenvalue weighted by Crippen LogP contribution is -2.20. The van der Waals surface area contributed by atoms with Crippen LogP contribution in [0.1, 0.15) is 12.8 Å². The summed E-state index contributed by atoms with van der Waals surface area (Å²) in [5, 5.41) is 5.92. The van der Waals surface area contributed by atoms with Crippen molar-refractivity contribution in [2.45, 2.75) is 18.9 Å². The standard InChI is InChI=1S/C21H20F2N4O/c22-16-9-4-10-17(23)20(16)26-19-12-18(14-6-2-1-3-7-14)25-21(27-19)24-13-15-8-5-11-28-15/h1-4,6-7,9-10,12,15H,5,8,11,13H2,(H2,24,25,26,27). The number of rotatable bonds is 6. The number of nitrogens with zero attached hydrogens (tertiary/aromatic N) is 2. The third kappa shape index (κ3) is 4.26. The summed E-state index contributed by atoms with van der Waals surface area (Å²) in [6, 6.07) is 14.9. The van der Waals surface area contributed by atoms with Gasteiger partial charge in [-0.05, 0) is 25.0 Å². The van der Waals surface area contributed by atoms with Crippen LogP contribution in [0.2, 0.25) is 0 Å². The third-order valence-corrected chi connectivity index (χ3v) is 4.52. The quantitative estimate of drug-likeness (QED) is 0.644. The summed E-state index contributed by atoms with van der Waals surface area (Å²) in [5.41, 5.74) is 1.28. The van der Waals surface area contributed by atoms with E-state index in [4.69, 9.17) is 4.74 Å². The van der Waals surface area contributed by atoms with Crippen LogP contribution in [0.15, 0.2) is 54.6 Å². The van der Waals surface area contributed by atoms with E-state index in [1.165, 1.54) is 18.2 Å². The largest absolute Gasteiger partial charge is 0.376 e. The fraction of sp³-hybridized carbons (Fsp3) is 0.238. The van der Waals surface area contributed by atoms with Crippen LogP contribution >= 0.6 is 0 Å².